The van der Waals surface area contributed by atoms with Gasteiger partial charge in [0.05, 0.1) is 21.3 Å². The van der Waals surface area contributed by atoms with Crippen LogP contribution in [0, 0.1) is 0 Å². The number of carbonyl (C=O) groups excluding carboxylic acids is 3. The molecule has 33 heavy (non-hydrogen) atoms. The van der Waals surface area contributed by atoms with Crippen LogP contribution in [0.2, 0.25) is 4.34 Å². The van der Waals surface area contributed by atoms with Gasteiger partial charge < -0.3 is 25.0 Å². The summed E-state index contributed by atoms with van der Waals surface area (Å²) < 4.78 is 11.3. The molecule has 8 nitrogen and oxygen atoms in total. The van der Waals surface area contributed by atoms with Crippen molar-refractivity contribution in [3.63, 3.8) is 0 Å². The number of nitrogens with zero attached hydrogens (tertiary/aromatic N) is 1. The molecule has 2 heterocycles. The maximum absolute atomic E-state index is 12.7. The standard InChI is InChI=1S/C23H28ClN3O5S/c1-23(2,3)32-22(30)27-12-11-16(26-21(29)31-14-15-7-5-4-6-8-15)17(13-27)25-20(28)18-9-10-19(24)33-18/h4-10,16-17H,11-14H2,1-3H3,(H,25,28)(H,26,29). The van der Waals surface area contributed by atoms with E-state index in [9.17, 15) is 14.4 Å². The molecule has 2 unspecified atom stereocenters. The predicted octanol–water partition coefficient (Wildman–Crippen LogP) is 4.44. The van der Waals surface area contributed by atoms with Crippen LogP contribution in [0.1, 0.15) is 42.4 Å². The highest BCUT2D eigenvalue weighted by Crippen LogP contribution is 2.22. The van der Waals surface area contributed by atoms with Crippen LogP contribution in [0.3, 0.4) is 0 Å². The number of nitrogens with one attached hydrogen (secondary N) is 2. The Bertz CT molecular complexity index is 976. The van der Waals surface area contributed by atoms with Crippen molar-refractivity contribution in [1.29, 1.82) is 0 Å². The van der Waals surface area contributed by atoms with Crippen LogP contribution in [-0.2, 0) is 16.1 Å². The molecule has 1 aromatic carbocycles. The lowest BCUT2D eigenvalue weighted by molar-refractivity contribution is 0.0159. The monoisotopic (exact) mass is 493 g/mol. The highest BCUT2D eigenvalue weighted by molar-refractivity contribution is 7.18. The maximum Gasteiger partial charge on any atom is 0.410 e. The van der Waals surface area contributed by atoms with Gasteiger partial charge in [0.15, 0.2) is 0 Å². The number of piperidine rings is 1. The topological polar surface area (TPSA) is 97.0 Å². The predicted molar refractivity (Wildman–Crippen MR) is 127 cm³/mol. The zero-order valence-electron chi connectivity index (χ0n) is 18.8. The number of hydrogen-bond donors (Lipinski definition) is 2. The summed E-state index contributed by atoms with van der Waals surface area (Å²) in [4.78, 5) is 39.7. The SMILES string of the molecule is CC(C)(C)OC(=O)N1CCC(NC(=O)OCc2ccccc2)C(NC(=O)c2ccc(Cl)s2)C1. The van der Waals surface area contributed by atoms with E-state index in [4.69, 9.17) is 21.1 Å². The summed E-state index contributed by atoms with van der Waals surface area (Å²) in [6.45, 7) is 6.07. The van der Waals surface area contributed by atoms with E-state index >= 15 is 0 Å². The molecule has 0 radical (unpaired) electrons. The highest BCUT2D eigenvalue weighted by Gasteiger charge is 2.35. The summed E-state index contributed by atoms with van der Waals surface area (Å²) in [5, 5.41) is 5.75. The van der Waals surface area contributed by atoms with Gasteiger partial charge in [0.1, 0.15) is 12.2 Å². The zero-order chi connectivity index (χ0) is 24.0. The molecular formula is C23H28ClN3O5S. The third-order valence-corrected chi connectivity index (χ3v) is 6.12. The Hall–Kier alpha value is -2.78. The fourth-order valence-electron chi connectivity index (χ4n) is 3.36. The van der Waals surface area contributed by atoms with Crippen molar-refractivity contribution in [2.75, 3.05) is 13.1 Å². The van der Waals surface area contributed by atoms with Crippen molar-refractivity contribution in [1.82, 2.24) is 15.5 Å². The first-order valence-electron chi connectivity index (χ1n) is 10.6. The van der Waals surface area contributed by atoms with Crippen molar-refractivity contribution < 1.29 is 23.9 Å². The fourth-order valence-corrected chi connectivity index (χ4v) is 4.30. The number of thiophene rings is 1. The number of ether oxygens (including phenoxy) is 2. The van der Waals surface area contributed by atoms with Gasteiger partial charge in [-0.3, -0.25) is 4.79 Å². The van der Waals surface area contributed by atoms with Crippen molar-refractivity contribution >= 4 is 41.0 Å². The van der Waals surface area contributed by atoms with Crippen LogP contribution in [-0.4, -0.2) is 53.8 Å². The first kappa shape index (κ1) is 24.9. The second-order valence-corrected chi connectivity index (χ2v) is 10.4. The molecule has 2 atom stereocenters. The second-order valence-electron chi connectivity index (χ2n) is 8.71. The summed E-state index contributed by atoms with van der Waals surface area (Å²) >= 11 is 7.11. The Morgan fingerprint density at radius 2 is 1.82 bits per heavy atom. The van der Waals surface area contributed by atoms with E-state index < -0.39 is 29.9 Å². The molecule has 3 amide bonds. The molecule has 1 saturated heterocycles. The largest absolute Gasteiger partial charge is 0.445 e. The Morgan fingerprint density at radius 3 is 2.45 bits per heavy atom. The van der Waals surface area contributed by atoms with Crippen LogP contribution in [0.5, 0.6) is 0 Å². The highest BCUT2D eigenvalue weighted by atomic mass is 35.5. The van der Waals surface area contributed by atoms with Crippen LogP contribution in [0.4, 0.5) is 9.59 Å². The number of alkyl carbamates (subject to hydrolysis) is 1. The lowest BCUT2D eigenvalue weighted by atomic mass is 9.99. The molecule has 2 aromatic rings. The van der Waals surface area contributed by atoms with E-state index in [-0.39, 0.29) is 19.1 Å². The van der Waals surface area contributed by atoms with Crippen molar-refractivity contribution in [2.24, 2.45) is 0 Å². The summed E-state index contributed by atoms with van der Waals surface area (Å²) in [5.41, 5.74) is 0.228. The number of likely N-dealkylation sites (tertiary alicyclic amines) is 1. The Balaban J connectivity index is 1.65. The fraction of sp³-hybridized carbons (Fsp3) is 0.435. The number of carbonyl (C=O) groups is 3. The summed E-state index contributed by atoms with van der Waals surface area (Å²) in [6.07, 6.45) is -0.630. The first-order chi connectivity index (χ1) is 15.6. The van der Waals surface area contributed by atoms with Gasteiger partial charge in [0.25, 0.3) is 5.91 Å². The number of amides is 3. The number of hydrogen-bond acceptors (Lipinski definition) is 6. The van der Waals surface area contributed by atoms with Crippen LogP contribution in [0.15, 0.2) is 42.5 Å². The Morgan fingerprint density at radius 1 is 1.09 bits per heavy atom. The van der Waals surface area contributed by atoms with Crippen LogP contribution < -0.4 is 10.6 Å². The zero-order valence-corrected chi connectivity index (χ0v) is 20.4. The normalized spacial score (nSPS) is 18.4. The number of halogens is 1. The van der Waals surface area contributed by atoms with Gasteiger partial charge in [-0.2, -0.15) is 0 Å². The maximum atomic E-state index is 12.7. The van der Waals surface area contributed by atoms with E-state index in [1.54, 1.807) is 32.9 Å². The average molecular weight is 494 g/mol. The van der Waals surface area contributed by atoms with Gasteiger partial charge >= 0.3 is 12.2 Å². The smallest absolute Gasteiger partial charge is 0.410 e. The average Bonchev–Trinajstić information content (AvgIpc) is 3.19. The molecule has 3 rings (SSSR count). The lowest BCUT2D eigenvalue weighted by Crippen LogP contribution is -2.61. The van der Waals surface area contributed by atoms with Gasteiger partial charge in [-0.25, -0.2) is 9.59 Å². The molecule has 1 fully saturated rings. The Kier molecular flexibility index (Phi) is 8.20. The molecule has 10 heteroatoms. The molecule has 0 spiro atoms. The van der Waals surface area contributed by atoms with E-state index in [1.165, 1.54) is 4.90 Å². The minimum atomic E-state index is -0.639. The Labute approximate surface area is 202 Å². The van der Waals surface area contributed by atoms with Gasteiger partial charge in [-0.1, -0.05) is 41.9 Å². The quantitative estimate of drug-likeness (QED) is 0.642. The first-order valence-corrected chi connectivity index (χ1v) is 11.8. The van der Waals surface area contributed by atoms with Gasteiger partial charge in [-0.15, -0.1) is 11.3 Å². The van der Waals surface area contributed by atoms with Gasteiger partial charge in [0, 0.05) is 13.1 Å². The lowest BCUT2D eigenvalue weighted by Gasteiger charge is -2.39. The van der Waals surface area contributed by atoms with Crippen LogP contribution >= 0.6 is 22.9 Å². The molecule has 1 aliphatic heterocycles. The number of rotatable bonds is 5. The summed E-state index contributed by atoms with van der Waals surface area (Å²) in [6, 6.07) is 11.7. The van der Waals surface area contributed by atoms with E-state index in [2.05, 4.69) is 10.6 Å². The van der Waals surface area contributed by atoms with Gasteiger partial charge in [0.2, 0.25) is 0 Å². The summed E-state index contributed by atoms with van der Waals surface area (Å²) in [7, 11) is 0. The molecule has 0 bridgehead atoms. The molecule has 1 aromatic heterocycles. The third-order valence-electron chi connectivity index (χ3n) is 4.89. The van der Waals surface area contributed by atoms with Gasteiger partial charge in [-0.05, 0) is 44.9 Å². The van der Waals surface area contributed by atoms with Crippen LogP contribution in [0.25, 0.3) is 0 Å². The van der Waals surface area contributed by atoms with E-state index in [0.29, 0.717) is 22.2 Å². The minimum absolute atomic E-state index is 0.133. The molecular weight excluding hydrogens is 466 g/mol. The molecule has 0 aliphatic carbocycles. The second kappa shape index (κ2) is 10.9. The summed E-state index contributed by atoms with van der Waals surface area (Å²) in [5.74, 6) is -0.326. The van der Waals surface area contributed by atoms with Crippen molar-refractivity contribution in [3.8, 4) is 0 Å². The van der Waals surface area contributed by atoms with Crippen molar-refractivity contribution in [3.05, 3.63) is 57.2 Å². The molecule has 1 aliphatic rings. The molecule has 2 N–H and O–H groups in total. The van der Waals surface area contributed by atoms with Crippen molar-refractivity contribution in [2.45, 2.75) is 51.5 Å². The number of benzene rings is 1. The van der Waals surface area contributed by atoms with E-state index in [1.807, 2.05) is 30.3 Å². The molecule has 0 saturated carbocycles. The minimum Gasteiger partial charge on any atom is -0.445 e. The third kappa shape index (κ3) is 7.64. The van der Waals surface area contributed by atoms with E-state index in [0.717, 1.165) is 16.9 Å². The molecule has 178 valence electrons.